The number of halogens is 1. The van der Waals surface area contributed by atoms with Gasteiger partial charge in [-0.15, -0.1) is 0 Å². The van der Waals surface area contributed by atoms with Gasteiger partial charge in [0.2, 0.25) is 0 Å². The molecule has 1 N–H and O–H groups in total. The Bertz CT molecular complexity index is 402. The molecule has 1 amide bonds. The molecule has 2 rings (SSSR count). The molecule has 1 saturated carbocycles. The van der Waals surface area contributed by atoms with Crippen LogP contribution in [0.4, 0.5) is 0 Å². The second-order valence-corrected chi connectivity index (χ2v) is 5.14. The summed E-state index contributed by atoms with van der Waals surface area (Å²) in [5.41, 5.74) is 0.671. The number of amides is 1. The van der Waals surface area contributed by atoms with E-state index in [4.69, 9.17) is 11.6 Å². The highest BCUT2D eigenvalue weighted by Gasteiger charge is 2.31. The maximum atomic E-state index is 11.8. The van der Waals surface area contributed by atoms with Crippen LogP contribution in [0.1, 0.15) is 36.7 Å². The normalized spacial score (nSPS) is 17.6. The molecule has 1 aromatic heterocycles. The number of rotatable bonds is 3. The number of carbonyl (C=O) groups is 1. The third kappa shape index (κ3) is 2.53. The first-order valence-electron chi connectivity index (χ1n) is 5.49. The van der Waals surface area contributed by atoms with E-state index in [1.807, 2.05) is 0 Å². The fourth-order valence-electron chi connectivity index (χ4n) is 1.87. The quantitative estimate of drug-likeness (QED) is 0.880. The highest BCUT2D eigenvalue weighted by Crippen LogP contribution is 2.39. The topological polar surface area (TPSA) is 42.0 Å². The van der Waals surface area contributed by atoms with Gasteiger partial charge in [-0.1, -0.05) is 24.9 Å². The standard InChI is InChI=1S/C12H15ClN2O/c1-12(4-2-5-12)8-15-11(16)10-7-9(13)3-6-14-10/h3,6-7H,2,4-5,8H2,1H3,(H,15,16). The SMILES string of the molecule is CC1(CNC(=O)c2cc(Cl)ccn2)CCC1. The monoisotopic (exact) mass is 238 g/mol. The van der Waals surface area contributed by atoms with Gasteiger partial charge in [-0.3, -0.25) is 9.78 Å². The molecule has 0 radical (unpaired) electrons. The van der Waals surface area contributed by atoms with E-state index in [1.54, 1.807) is 18.3 Å². The number of hydrogen-bond acceptors (Lipinski definition) is 2. The number of carbonyl (C=O) groups excluding carboxylic acids is 1. The lowest BCUT2D eigenvalue weighted by molar-refractivity contribution is 0.0886. The first kappa shape index (κ1) is 11.4. The smallest absolute Gasteiger partial charge is 0.269 e. The summed E-state index contributed by atoms with van der Waals surface area (Å²) in [7, 11) is 0. The van der Waals surface area contributed by atoms with Gasteiger partial charge in [0, 0.05) is 17.8 Å². The summed E-state index contributed by atoms with van der Waals surface area (Å²) in [4.78, 5) is 15.7. The number of pyridine rings is 1. The van der Waals surface area contributed by atoms with E-state index in [0.29, 0.717) is 10.7 Å². The predicted molar refractivity (Wildman–Crippen MR) is 63.5 cm³/mol. The Morgan fingerprint density at radius 3 is 2.94 bits per heavy atom. The minimum atomic E-state index is -0.143. The van der Waals surface area contributed by atoms with Crippen LogP contribution in [0, 0.1) is 5.41 Å². The van der Waals surface area contributed by atoms with Crippen LogP contribution in [-0.2, 0) is 0 Å². The van der Waals surface area contributed by atoms with Crippen LogP contribution < -0.4 is 5.32 Å². The molecule has 1 heterocycles. The van der Waals surface area contributed by atoms with Gasteiger partial charge in [0.15, 0.2) is 0 Å². The fraction of sp³-hybridized carbons (Fsp3) is 0.500. The van der Waals surface area contributed by atoms with Crippen molar-refractivity contribution in [2.45, 2.75) is 26.2 Å². The number of aromatic nitrogens is 1. The second-order valence-electron chi connectivity index (χ2n) is 4.71. The molecule has 16 heavy (non-hydrogen) atoms. The number of hydrogen-bond donors (Lipinski definition) is 1. The lowest BCUT2D eigenvalue weighted by atomic mass is 9.70. The molecular formula is C12H15ClN2O. The first-order chi connectivity index (χ1) is 7.59. The van der Waals surface area contributed by atoms with Crippen molar-refractivity contribution in [3.8, 4) is 0 Å². The van der Waals surface area contributed by atoms with Crippen LogP contribution in [0.25, 0.3) is 0 Å². The molecule has 1 aliphatic rings. The minimum Gasteiger partial charge on any atom is -0.350 e. The van der Waals surface area contributed by atoms with Gasteiger partial charge >= 0.3 is 0 Å². The Morgan fingerprint density at radius 1 is 1.62 bits per heavy atom. The lowest BCUT2D eigenvalue weighted by Crippen LogP contribution is -2.40. The van der Waals surface area contributed by atoms with Gasteiger partial charge in [-0.2, -0.15) is 0 Å². The molecule has 3 nitrogen and oxygen atoms in total. The predicted octanol–water partition coefficient (Wildman–Crippen LogP) is 2.66. The zero-order valence-corrected chi connectivity index (χ0v) is 10.0. The van der Waals surface area contributed by atoms with Crippen LogP contribution in [0.3, 0.4) is 0 Å². The van der Waals surface area contributed by atoms with Gasteiger partial charge < -0.3 is 5.32 Å². The van der Waals surface area contributed by atoms with Crippen LogP contribution >= 0.6 is 11.6 Å². The summed E-state index contributed by atoms with van der Waals surface area (Å²) in [6.07, 6.45) is 5.19. The molecule has 1 fully saturated rings. The van der Waals surface area contributed by atoms with Crippen molar-refractivity contribution in [2.24, 2.45) is 5.41 Å². The molecule has 0 unspecified atom stereocenters. The molecule has 0 aliphatic heterocycles. The van der Waals surface area contributed by atoms with E-state index in [9.17, 15) is 4.79 Å². The summed E-state index contributed by atoms with van der Waals surface area (Å²) in [6, 6.07) is 3.24. The van der Waals surface area contributed by atoms with Crippen molar-refractivity contribution in [3.05, 3.63) is 29.0 Å². The summed E-state index contributed by atoms with van der Waals surface area (Å²) < 4.78 is 0. The minimum absolute atomic E-state index is 0.143. The molecule has 0 bridgehead atoms. The summed E-state index contributed by atoms with van der Waals surface area (Å²) in [5.74, 6) is -0.143. The zero-order chi connectivity index (χ0) is 11.6. The maximum absolute atomic E-state index is 11.8. The van der Waals surface area contributed by atoms with E-state index in [-0.39, 0.29) is 11.3 Å². The number of nitrogens with zero attached hydrogens (tertiary/aromatic N) is 1. The van der Waals surface area contributed by atoms with E-state index in [2.05, 4.69) is 17.2 Å². The molecule has 4 heteroatoms. The third-order valence-electron chi connectivity index (χ3n) is 3.19. The summed E-state index contributed by atoms with van der Waals surface area (Å²) >= 11 is 5.80. The number of nitrogens with one attached hydrogen (secondary N) is 1. The lowest BCUT2D eigenvalue weighted by Gasteiger charge is -2.38. The third-order valence-corrected chi connectivity index (χ3v) is 3.43. The fourth-order valence-corrected chi connectivity index (χ4v) is 2.03. The van der Waals surface area contributed by atoms with Crippen molar-refractivity contribution in [1.29, 1.82) is 0 Å². The first-order valence-corrected chi connectivity index (χ1v) is 5.87. The Kier molecular flexibility index (Phi) is 3.15. The van der Waals surface area contributed by atoms with Crippen molar-refractivity contribution in [2.75, 3.05) is 6.54 Å². The Morgan fingerprint density at radius 2 is 2.38 bits per heavy atom. The molecule has 0 spiro atoms. The Hall–Kier alpha value is -1.09. The van der Waals surface area contributed by atoms with E-state index >= 15 is 0 Å². The second kappa shape index (κ2) is 4.42. The van der Waals surface area contributed by atoms with Crippen molar-refractivity contribution < 1.29 is 4.79 Å². The van der Waals surface area contributed by atoms with Crippen LogP contribution in [-0.4, -0.2) is 17.4 Å². The summed E-state index contributed by atoms with van der Waals surface area (Å²) in [6.45, 7) is 2.92. The highest BCUT2D eigenvalue weighted by atomic mass is 35.5. The molecule has 0 saturated heterocycles. The van der Waals surface area contributed by atoms with Gasteiger partial charge in [0.1, 0.15) is 5.69 Å². The van der Waals surface area contributed by atoms with Crippen LogP contribution in [0.2, 0.25) is 5.02 Å². The molecular weight excluding hydrogens is 224 g/mol. The average molecular weight is 239 g/mol. The Labute approximate surface area is 100 Å². The molecule has 1 aliphatic carbocycles. The zero-order valence-electron chi connectivity index (χ0n) is 9.29. The van der Waals surface area contributed by atoms with Gasteiger partial charge in [0.25, 0.3) is 5.91 Å². The van der Waals surface area contributed by atoms with Crippen LogP contribution in [0.5, 0.6) is 0 Å². The Balaban J connectivity index is 1.93. The largest absolute Gasteiger partial charge is 0.350 e. The van der Waals surface area contributed by atoms with E-state index in [0.717, 1.165) is 6.54 Å². The molecule has 0 atom stereocenters. The van der Waals surface area contributed by atoms with Gasteiger partial charge in [-0.25, -0.2) is 0 Å². The average Bonchev–Trinajstić information content (AvgIpc) is 2.23. The van der Waals surface area contributed by atoms with Crippen molar-refractivity contribution >= 4 is 17.5 Å². The van der Waals surface area contributed by atoms with Gasteiger partial charge in [0.05, 0.1) is 0 Å². The maximum Gasteiger partial charge on any atom is 0.269 e. The highest BCUT2D eigenvalue weighted by molar-refractivity contribution is 6.30. The van der Waals surface area contributed by atoms with Gasteiger partial charge in [-0.05, 0) is 30.4 Å². The molecule has 86 valence electrons. The molecule has 1 aromatic rings. The summed E-state index contributed by atoms with van der Waals surface area (Å²) in [5, 5.41) is 3.45. The van der Waals surface area contributed by atoms with Crippen molar-refractivity contribution in [3.63, 3.8) is 0 Å². The van der Waals surface area contributed by atoms with E-state index < -0.39 is 0 Å². The molecule has 0 aromatic carbocycles. The van der Waals surface area contributed by atoms with Crippen LogP contribution in [0.15, 0.2) is 18.3 Å². The van der Waals surface area contributed by atoms with Crippen molar-refractivity contribution in [1.82, 2.24) is 10.3 Å². The van der Waals surface area contributed by atoms with E-state index in [1.165, 1.54) is 19.3 Å².